The maximum Gasteiger partial charge on any atom is 0.329 e. The Labute approximate surface area is 240 Å². The number of methoxy groups -OCH3 is 1. The van der Waals surface area contributed by atoms with Crippen molar-refractivity contribution < 1.29 is 23.9 Å². The molecule has 3 aromatic rings. The Balaban J connectivity index is 0.000000236. The van der Waals surface area contributed by atoms with Crippen LogP contribution in [0.5, 0.6) is 0 Å². The second-order valence-electron chi connectivity index (χ2n) is 9.10. The van der Waals surface area contributed by atoms with Crippen molar-refractivity contribution in [3.63, 3.8) is 0 Å². The van der Waals surface area contributed by atoms with Gasteiger partial charge in [-0.25, -0.2) is 19.5 Å². The van der Waals surface area contributed by atoms with E-state index in [2.05, 4.69) is 56.9 Å². The summed E-state index contributed by atoms with van der Waals surface area (Å²) >= 11 is 0. The maximum atomic E-state index is 12.0. The number of carbonyl (C=O) groups is 4. The molecular formula is C30H38N6O5. The fraction of sp³-hybridized carbons (Fsp3) is 0.300. The van der Waals surface area contributed by atoms with Gasteiger partial charge < -0.3 is 26.4 Å². The van der Waals surface area contributed by atoms with E-state index >= 15 is 0 Å². The fourth-order valence-electron chi connectivity index (χ4n) is 3.75. The minimum Gasteiger partial charge on any atom is -0.467 e. The Hall–Kier alpha value is -4.77. The molecule has 218 valence electrons. The van der Waals surface area contributed by atoms with Crippen LogP contribution in [-0.2, 0) is 25.7 Å². The number of ether oxygens (including phenoxy) is 1. The quantitative estimate of drug-likeness (QED) is 0.185. The number of nitrogens with two attached hydrogens (primary N) is 1. The average molecular weight is 563 g/mol. The molecule has 4 amide bonds. The standard InChI is InChI=1S/C14H16N2O4.C9H13N.C7H9N3O/c1-9(10-6-4-3-5-7-10)15-14(19)16-11(8-12(16)17)13(18)20-2;1-8(10-2)9-6-4-3-5-7-9;8-7-3-6(1-2-10-7)4-9-5-11/h3-7,9,11H,8H2,1-2H3,(H,15,19);3-8,10H,1-2H3;1-3,5H,4H2,(H2,8,10)(H,9,11)/t9-,11+;8-;/m11./s1. The van der Waals surface area contributed by atoms with Crippen molar-refractivity contribution in [2.24, 2.45) is 0 Å². The molecule has 0 radical (unpaired) electrons. The predicted octanol–water partition coefficient (Wildman–Crippen LogP) is 3.11. The van der Waals surface area contributed by atoms with Gasteiger partial charge in [0.15, 0.2) is 0 Å². The number of urea groups is 1. The number of carbonyl (C=O) groups excluding carboxylic acids is 4. The monoisotopic (exact) mass is 562 g/mol. The number of hydrogen-bond acceptors (Lipinski definition) is 8. The van der Waals surface area contributed by atoms with Gasteiger partial charge in [-0.2, -0.15) is 0 Å². The number of imide groups is 1. The first-order valence-corrected chi connectivity index (χ1v) is 13.1. The van der Waals surface area contributed by atoms with Gasteiger partial charge in [0.1, 0.15) is 11.9 Å². The normalized spacial score (nSPS) is 14.9. The Morgan fingerprint density at radius 2 is 1.63 bits per heavy atom. The van der Waals surface area contributed by atoms with Gasteiger partial charge in [-0.1, -0.05) is 60.7 Å². The molecule has 0 unspecified atom stereocenters. The molecule has 4 rings (SSSR count). The lowest BCUT2D eigenvalue weighted by molar-refractivity contribution is -0.160. The van der Waals surface area contributed by atoms with Crippen LogP contribution in [0.2, 0.25) is 0 Å². The minimum atomic E-state index is -0.810. The van der Waals surface area contributed by atoms with Gasteiger partial charge in [-0.05, 0) is 49.7 Å². The van der Waals surface area contributed by atoms with Crippen LogP contribution < -0.4 is 21.7 Å². The summed E-state index contributed by atoms with van der Waals surface area (Å²) < 4.78 is 4.56. The third-order valence-electron chi connectivity index (χ3n) is 6.25. The highest BCUT2D eigenvalue weighted by molar-refractivity contribution is 6.06. The van der Waals surface area contributed by atoms with Crippen LogP contribution in [0.3, 0.4) is 0 Å². The van der Waals surface area contributed by atoms with E-state index in [1.54, 1.807) is 18.3 Å². The van der Waals surface area contributed by atoms with Crippen LogP contribution in [-0.4, -0.2) is 54.4 Å². The molecule has 1 aromatic heterocycles. The maximum absolute atomic E-state index is 12.0. The number of rotatable bonds is 8. The predicted molar refractivity (Wildman–Crippen MR) is 156 cm³/mol. The van der Waals surface area contributed by atoms with Crippen LogP contribution >= 0.6 is 0 Å². The zero-order chi connectivity index (χ0) is 30.2. The lowest BCUT2D eigenvalue weighted by Crippen LogP contribution is -2.62. The SMILES string of the molecule is CN[C@H](C)c1ccccc1.COC(=O)[C@@H]1CC(=O)N1C(=O)N[C@H](C)c1ccccc1.Nc1cc(CNC=O)ccn1. The molecular weight excluding hydrogens is 524 g/mol. The first-order chi connectivity index (χ1) is 19.7. The Morgan fingerprint density at radius 1 is 1.05 bits per heavy atom. The highest BCUT2D eigenvalue weighted by atomic mass is 16.5. The van der Waals surface area contributed by atoms with E-state index in [9.17, 15) is 19.2 Å². The van der Waals surface area contributed by atoms with Gasteiger partial charge in [0.25, 0.3) is 0 Å². The molecule has 5 N–H and O–H groups in total. The van der Waals surface area contributed by atoms with Crippen molar-refractivity contribution in [3.8, 4) is 0 Å². The number of nitrogens with zero attached hydrogens (tertiary/aromatic N) is 2. The molecule has 0 aliphatic carbocycles. The number of aromatic nitrogens is 1. The number of β-lactam (4-membered cyclic amide) rings is 1. The van der Waals surface area contributed by atoms with E-state index in [1.165, 1.54) is 12.7 Å². The molecule has 3 atom stereocenters. The third kappa shape index (κ3) is 10.4. The summed E-state index contributed by atoms with van der Waals surface area (Å²) in [6, 6.07) is 22.1. The molecule has 0 saturated carbocycles. The van der Waals surface area contributed by atoms with E-state index in [1.807, 2.05) is 50.4 Å². The largest absolute Gasteiger partial charge is 0.467 e. The van der Waals surface area contributed by atoms with Crippen molar-refractivity contribution in [2.75, 3.05) is 19.9 Å². The van der Waals surface area contributed by atoms with Gasteiger partial charge in [0.2, 0.25) is 12.3 Å². The van der Waals surface area contributed by atoms with E-state index in [0.29, 0.717) is 24.8 Å². The zero-order valence-electron chi connectivity index (χ0n) is 23.7. The number of benzene rings is 2. The van der Waals surface area contributed by atoms with Crippen molar-refractivity contribution in [1.82, 2.24) is 25.8 Å². The van der Waals surface area contributed by atoms with Gasteiger partial charge in [0, 0.05) is 18.8 Å². The number of esters is 1. The van der Waals surface area contributed by atoms with E-state index in [0.717, 1.165) is 16.0 Å². The summed E-state index contributed by atoms with van der Waals surface area (Å²) in [5.41, 5.74) is 8.61. The van der Waals surface area contributed by atoms with Gasteiger partial charge in [-0.15, -0.1) is 0 Å². The summed E-state index contributed by atoms with van der Waals surface area (Å²) in [7, 11) is 3.20. The van der Waals surface area contributed by atoms with Crippen LogP contribution in [0.4, 0.5) is 10.6 Å². The van der Waals surface area contributed by atoms with Crippen LogP contribution in [0, 0.1) is 0 Å². The molecule has 0 bridgehead atoms. The van der Waals surface area contributed by atoms with E-state index in [-0.39, 0.29) is 18.4 Å². The molecule has 2 heterocycles. The zero-order valence-corrected chi connectivity index (χ0v) is 23.7. The number of anilines is 1. The number of hydrogen-bond donors (Lipinski definition) is 4. The molecule has 1 fully saturated rings. The minimum absolute atomic E-state index is 0.0137. The number of pyridine rings is 1. The molecule has 11 heteroatoms. The van der Waals surface area contributed by atoms with Crippen molar-refractivity contribution in [2.45, 2.75) is 44.9 Å². The summed E-state index contributed by atoms with van der Waals surface area (Å²) in [6.45, 7) is 4.45. The van der Waals surface area contributed by atoms with Crippen LogP contribution in [0.25, 0.3) is 0 Å². The van der Waals surface area contributed by atoms with E-state index in [4.69, 9.17) is 5.73 Å². The lowest BCUT2D eigenvalue weighted by Gasteiger charge is -2.36. The third-order valence-corrected chi connectivity index (χ3v) is 6.25. The molecule has 0 spiro atoms. The molecule has 2 aromatic carbocycles. The Kier molecular flexibility index (Phi) is 13.5. The van der Waals surface area contributed by atoms with Crippen LogP contribution in [0.1, 0.15) is 49.0 Å². The summed E-state index contributed by atoms with van der Waals surface area (Å²) in [5, 5.41) is 8.40. The Bertz CT molecular complexity index is 1260. The van der Waals surface area contributed by atoms with Crippen molar-refractivity contribution >= 4 is 30.1 Å². The van der Waals surface area contributed by atoms with E-state index < -0.39 is 18.0 Å². The number of nitrogen functional groups attached to an aromatic ring is 1. The smallest absolute Gasteiger partial charge is 0.329 e. The van der Waals surface area contributed by atoms with Crippen LogP contribution in [0.15, 0.2) is 79.0 Å². The topological polar surface area (TPSA) is 156 Å². The summed E-state index contributed by atoms with van der Waals surface area (Å²) in [4.78, 5) is 49.6. The van der Waals surface area contributed by atoms with Crippen molar-refractivity contribution in [3.05, 3.63) is 95.7 Å². The molecule has 1 saturated heterocycles. The molecule has 1 aliphatic rings. The number of nitrogens with one attached hydrogen (secondary N) is 3. The second kappa shape index (κ2) is 17.0. The Morgan fingerprint density at radius 3 is 2.12 bits per heavy atom. The number of amides is 4. The highest BCUT2D eigenvalue weighted by Gasteiger charge is 2.46. The van der Waals surface area contributed by atoms with Gasteiger partial charge in [-0.3, -0.25) is 9.59 Å². The average Bonchev–Trinajstić information content (AvgIpc) is 2.99. The molecule has 41 heavy (non-hydrogen) atoms. The fourth-order valence-corrected chi connectivity index (χ4v) is 3.75. The number of likely N-dealkylation sites (tertiary alicyclic amines) is 1. The van der Waals surface area contributed by atoms with Gasteiger partial charge >= 0.3 is 12.0 Å². The summed E-state index contributed by atoms with van der Waals surface area (Å²) in [6.07, 6.45) is 2.27. The first-order valence-electron chi connectivity index (χ1n) is 13.1. The lowest BCUT2D eigenvalue weighted by atomic mass is 10.0. The summed E-state index contributed by atoms with van der Waals surface area (Å²) in [5.74, 6) is -0.486. The first kappa shape index (κ1) is 32.4. The molecule has 11 nitrogen and oxygen atoms in total. The van der Waals surface area contributed by atoms with Crippen molar-refractivity contribution in [1.29, 1.82) is 0 Å². The second-order valence-corrected chi connectivity index (χ2v) is 9.10. The van der Waals surface area contributed by atoms with Gasteiger partial charge in [0.05, 0.1) is 19.6 Å². The molecule has 1 aliphatic heterocycles. The highest BCUT2D eigenvalue weighted by Crippen LogP contribution is 2.22.